The Balaban J connectivity index is 1.99. The number of nitrogens with zero attached hydrogens (tertiary/aromatic N) is 1. The molecule has 0 fully saturated rings. The molecule has 0 saturated carbocycles. The van der Waals surface area contributed by atoms with Crippen molar-refractivity contribution < 1.29 is 27.9 Å². The molecule has 0 bridgehead atoms. The summed E-state index contributed by atoms with van der Waals surface area (Å²) in [4.78, 5) is 18.0. The van der Waals surface area contributed by atoms with E-state index in [1.165, 1.54) is 17.8 Å². The first kappa shape index (κ1) is 23.6. The van der Waals surface area contributed by atoms with E-state index in [-0.39, 0.29) is 34.5 Å². The number of allylic oxidation sites excluding steroid dienone is 2. The van der Waals surface area contributed by atoms with Gasteiger partial charge in [0.25, 0.3) is 0 Å². The summed E-state index contributed by atoms with van der Waals surface area (Å²) in [5.74, 6) is 0.267. The summed E-state index contributed by atoms with van der Waals surface area (Å²) < 4.78 is 38.9. The van der Waals surface area contributed by atoms with Crippen LogP contribution in [0.2, 0.25) is 5.02 Å². The van der Waals surface area contributed by atoms with Crippen molar-refractivity contribution in [1.29, 1.82) is 0 Å². The van der Waals surface area contributed by atoms with Crippen LogP contribution in [-0.2, 0) is 15.8 Å². The van der Waals surface area contributed by atoms with E-state index >= 15 is 0 Å². The Bertz CT molecular complexity index is 809. The minimum atomic E-state index is -4.50. The number of thioether (sulfide) groups is 1. The van der Waals surface area contributed by atoms with Crippen molar-refractivity contribution in [3.63, 3.8) is 0 Å². The molecule has 0 heterocycles. The number of hydrogen-bond donors (Lipinski definition) is 1. The number of hydrogen-bond acceptors (Lipinski definition) is 5. The molecule has 1 aliphatic rings. The first-order valence-corrected chi connectivity index (χ1v) is 10.7. The number of rotatable bonds is 8. The highest BCUT2D eigenvalue weighted by molar-refractivity contribution is 7.99. The van der Waals surface area contributed by atoms with Gasteiger partial charge in [0, 0.05) is 17.7 Å². The van der Waals surface area contributed by atoms with Crippen LogP contribution in [0.5, 0.6) is 0 Å². The highest BCUT2D eigenvalue weighted by atomic mass is 35.5. The lowest BCUT2D eigenvalue weighted by Gasteiger charge is -2.23. The predicted molar refractivity (Wildman–Crippen MR) is 109 cm³/mol. The van der Waals surface area contributed by atoms with Crippen LogP contribution in [0.15, 0.2) is 39.6 Å². The van der Waals surface area contributed by atoms with Gasteiger partial charge in [-0.25, -0.2) is 0 Å². The smallest absolute Gasteiger partial charge is 0.417 e. The molecule has 1 aromatic rings. The molecule has 4 nitrogen and oxygen atoms in total. The van der Waals surface area contributed by atoms with Crippen molar-refractivity contribution in [2.75, 3.05) is 12.4 Å². The lowest BCUT2D eigenvalue weighted by molar-refractivity contribution is -0.137. The van der Waals surface area contributed by atoms with E-state index in [9.17, 15) is 23.1 Å². The Morgan fingerprint density at radius 2 is 2.07 bits per heavy atom. The summed E-state index contributed by atoms with van der Waals surface area (Å²) >= 11 is 6.90. The molecular formula is C20H23ClF3NO3S. The number of carbonyl (C=O) groups is 1. The summed E-state index contributed by atoms with van der Waals surface area (Å²) in [5, 5.41) is 13.9. The monoisotopic (exact) mass is 449 g/mol. The Morgan fingerprint density at radius 1 is 1.34 bits per heavy atom. The number of aliphatic hydroxyl groups excluding tert-OH is 1. The lowest BCUT2D eigenvalue weighted by atomic mass is 9.83. The third kappa shape index (κ3) is 6.40. The molecule has 29 heavy (non-hydrogen) atoms. The van der Waals surface area contributed by atoms with E-state index in [2.05, 4.69) is 5.16 Å². The van der Waals surface area contributed by atoms with Crippen LogP contribution in [0.1, 0.15) is 45.1 Å². The molecular weight excluding hydrogens is 427 g/mol. The maximum Gasteiger partial charge on any atom is 0.417 e. The fourth-order valence-electron chi connectivity index (χ4n) is 3.09. The Labute approximate surface area is 177 Å². The maximum absolute atomic E-state index is 13.0. The van der Waals surface area contributed by atoms with Gasteiger partial charge in [-0.2, -0.15) is 13.2 Å². The number of carbonyl (C=O) groups excluding carboxylic acids is 1. The minimum absolute atomic E-state index is 0.00223. The molecule has 0 radical (unpaired) electrons. The van der Waals surface area contributed by atoms with Crippen LogP contribution in [0.4, 0.5) is 13.2 Å². The number of ketones is 1. The standard InChI is InChI=1S/C20H23ClF3NO3S/c1-3-16(25-28-4-2)19-17(26)9-12(10-18(19)27)7-8-29-13-5-6-15(21)14(11-13)20(22,23)24/h5-6,11-12,26H,3-4,7-10H2,1-2H3. The van der Waals surface area contributed by atoms with E-state index < -0.39 is 11.7 Å². The Morgan fingerprint density at radius 3 is 2.66 bits per heavy atom. The van der Waals surface area contributed by atoms with Gasteiger partial charge in [0.15, 0.2) is 5.78 Å². The van der Waals surface area contributed by atoms with Gasteiger partial charge in [-0.1, -0.05) is 23.7 Å². The molecule has 160 valence electrons. The minimum Gasteiger partial charge on any atom is -0.511 e. The van der Waals surface area contributed by atoms with Crippen molar-refractivity contribution in [2.24, 2.45) is 11.1 Å². The molecule has 2 rings (SSSR count). The van der Waals surface area contributed by atoms with Crippen LogP contribution >= 0.6 is 23.4 Å². The van der Waals surface area contributed by atoms with Crippen molar-refractivity contribution in [3.05, 3.63) is 40.1 Å². The first-order valence-electron chi connectivity index (χ1n) is 9.31. The molecule has 9 heteroatoms. The Kier molecular flexibility index (Phi) is 8.46. The van der Waals surface area contributed by atoms with Crippen LogP contribution in [-0.4, -0.2) is 29.0 Å². The zero-order chi connectivity index (χ0) is 21.6. The van der Waals surface area contributed by atoms with Crippen LogP contribution in [0.25, 0.3) is 0 Å². The van der Waals surface area contributed by atoms with Gasteiger partial charge in [0.1, 0.15) is 12.4 Å². The number of benzene rings is 1. The second-order valence-electron chi connectivity index (χ2n) is 6.61. The van der Waals surface area contributed by atoms with Crippen molar-refractivity contribution in [2.45, 2.75) is 50.6 Å². The van der Waals surface area contributed by atoms with Crippen LogP contribution < -0.4 is 0 Å². The molecule has 0 aliphatic heterocycles. The molecule has 1 aromatic carbocycles. The van der Waals surface area contributed by atoms with Gasteiger partial charge in [-0.15, -0.1) is 11.8 Å². The van der Waals surface area contributed by atoms with Gasteiger partial charge < -0.3 is 9.94 Å². The number of alkyl halides is 3. The van der Waals surface area contributed by atoms with Gasteiger partial charge in [-0.05, 0) is 49.6 Å². The average Bonchev–Trinajstić information content (AvgIpc) is 2.64. The van der Waals surface area contributed by atoms with E-state index in [0.29, 0.717) is 42.2 Å². The van der Waals surface area contributed by atoms with Gasteiger partial charge in [0.2, 0.25) is 0 Å². The average molecular weight is 450 g/mol. The summed E-state index contributed by atoms with van der Waals surface area (Å²) in [6.45, 7) is 3.97. The van der Waals surface area contributed by atoms with E-state index in [1.807, 2.05) is 6.92 Å². The van der Waals surface area contributed by atoms with Crippen molar-refractivity contribution in [1.82, 2.24) is 0 Å². The largest absolute Gasteiger partial charge is 0.511 e. The number of halogens is 4. The third-order valence-corrected chi connectivity index (χ3v) is 5.85. The second-order valence-corrected chi connectivity index (χ2v) is 8.18. The van der Waals surface area contributed by atoms with Crippen LogP contribution in [0.3, 0.4) is 0 Å². The van der Waals surface area contributed by atoms with E-state index in [1.54, 1.807) is 13.0 Å². The lowest BCUT2D eigenvalue weighted by Crippen LogP contribution is -2.25. The zero-order valence-electron chi connectivity index (χ0n) is 16.2. The molecule has 0 aromatic heterocycles. The second kappa shape index (κ2) is 10.4. The van der Waals surface area contributed by atoms with Crippen LogP contribution in [0, 0.1) is 5.92 Å². The summed E-state index contributed by atoms with van der Waals surface area (Å²) in [5.41, 5.74) is -0.191. The van der Waals surface area contributed by atoms with Gasteiger partial charge in [-0.3, -0.25) is 4.79 Å². The fourth-order valence-corrected chi connectivity index (χ4v) is 4.37. The summed E-state index contributed by atoms with van der Waals surface area (Å²) in [6, 6.07) is 3.81. The summed E-state index contributed by atoms with van der Waals surface area (Å²) in [6.07, 6.45) is -2.86. The number of aliphatic hydroxyl groups is 1. The molecule has 1 N–H and O–H groups in total. The van der Waals surface area contributed by atoms with Crippen molar-refractivity contribution >= 4 is 34.9 Å². The quantitative estimate of drug-likeness (QED) is 0.282. The maximum atomic E-state index is 13.0. The first-order chi connectivity index (χ1) is 13.7. The molecule has 0 spiro atoms. The molecule has 1 atom stereocenters. The Hall–Kier alpha value is -1.67. The third-order valence-electron chi connectivity index (χ3n) is 4.49. The SMILES string of the molecule is CCON=C(CC)C1=C(O)CC(CCSc2ccc(Cl)c(C(F)(F)F)c2)CC1=O. The zero-order valence-corrected chi connectivity index (χ0v) is 17.8. The number of Topliss-reactive ketones (excluding diaryl/α,β-unsaturated/α-hetero) is 1. The highest BCUT2D eigenvalue weighted by Gasteiger charge is 2.33. The fraction of sp³-hybridized carbons (Fsp3) is 0.500. The van der Waals surface area contributed by atoms with E-state index in [0.717, 1.165) is 6.07 Å². The molecule has 1 aliphatic carbocycles. The predicted octanol–water partition coefficient (Wildman–Crippen LogP) is 6.43. The molecule has 1 unspecified atom stereocenters. The topological polar surface area (TPSA) is 58.9 Å². The van der Waals surface area contributed by atoms with Gasteiger partial charge >= 0.3 is 6.18 Å². The number of oxime groups is 1. The van der Waals surface area contributed by atoms with Gasteiger partial charge in [0.05, 0.1) is 21.9 Å². The normalized spacial score (nSPS) is 18.3. The summed E-state index contributed by atoms with van der Waals surface area (Å²) in [7, 11) is 0. The molecule has 0 saturated heterocycles. The highest BCUT2D eigenvalue weighted by Crippen LogP contribution is 2.38. The molecule has 0 amide bonds. The van der Waals surface area contributed by atoms with Crippen molar-refractivity contribution in [3.8, 4) is 0 Å². The van der Waals surface area contributed by atoms with E-state index in [4.69, 9.17) is 16.4 Å².